The van der Waals surface area contributed by atoms with Crippen LogP contribution in [0.4, 0.5) is 0 Å². The topological polar surface area (TPSA) is 101 Å². The van der Waals surface area contributed by atoms with Crippen molar-refractivity contribution in [2.45, 2.75) is 107 Å². The van der Waals surface area contributed by atoms with Gasteiger partial charge in [0.2, 0.25) is 0 Å². The molecule has 1 spiro atoms. The lowest BCUT2D eigenvalue weighted by Gasteiger charge is -2.64. The van der Waals surface area contributed by atoms with E-state index in [0.29, 0.717) is 25.7 Å². The van der Waals surface area contributed by atoms with Gasteiger partial charge in [-0.3, -0.25) is 14.4 Å². The maximum absolute atomic E-state index is 15.3. The molecule has 0 amide bonds. The summed E-state index contributed by atoms with van der Waals surface area (Å²) in [7, 11) is 0. The second kappa shape index (κ2) is 11.5. The number of fused-ring (bicyclic) bond motifs is 1. The van der Waals surface area contributed by atoms with E-state index in [9.17, 15) is 15.0 Å². The maximum atomic E-state index is 15.3. The smallest absolute Gasteiger partial charge is 0.200 e. The van der Waals surface area contributed by atoms with Crippen molar-refractivity contribution in [3.05, 3.63) is 70.0 Å². The first-order chi connectivity index (χ1) is 20.3. The van der Waals surface area contributed by atoms with E-state index in [1.165, 1.54) is 29.3 Å². The van der Waals surface area contributed by atoms with E-state index in [1.807, 2.05) is 47.6 Å². The van der Waals surface area contributed by atoms with Crippen molar-refractivity contribution in [1.82, 2.24) is 0 Å². The molecule has 0 radical (unpaired) electrons. The molecule has 2 fully saturated rings. The molecule has 2 aliphatic carbocycles. The third kappa shape index (κ3) is 5.28. The molecule has 6 heteroatoms. The van der Waals surface area contributed by atoms with Crippen molar-refractivity contribution in [1.29, 1.82) is 0 Å². The average Bonchev–Trinajstić information content (AvgIpc) is 2.91. The molecule has 1 saturated carbocycles. The van der Waals surface area contributed by atoms with Crippen molar-refractivity contribution >= 4 is 17.3 Å². The minimum atomic E-state index is -1.48. The SMILES string of the molecule is CC(C)=CC[C@@H]1C[C@@]23C[C@@H](CC=C(C)C)C(C)(C)[C@](CC=C(C)C)(C(=O)C(C(=O)c4ccc(O)c(O)c4)=C2OC1(C)C)C3=O. The highest BCUT2D eigenvalue weighted by atomic mass is 16.5. The fraction of sp³-hybridized carbons (Fsp3) is 0.553. The number of phenolic OH excluding ortho intramolecular Hbond substituents is 2. The van der Waals surface area contributed by atoms with Gasteiger partial charge in [-0.15, -0.1) is 0 Å². The third-order valence-corrected chi connectivity index (χ3v) is 10.7. The van der Waals surface area contributed by atoms with Crippen LogP contribution in [0.2, 0.25) is 0 Å². The number of hydrogen-bond donors (Lipinski definition) is 2. The first-order valence-corrected chi connectivity index (χ1v) is 15.8. The summed E-state index contributed by atoms with van der Waals surface area (Å²) < 4.78 is 6.81. The van der Waals surface area contributed by atoms with Crippen molar-refractivity contribution in [2.24, 2.45) is 28.1 Å². The molecule has 4 rings (SSSR count). The highest BCUT2D eigenvalue weighted by Crippen LogP contribution is 2.69. The standard InChI is InChI=1S/C38H50O6/c1-22(2)11-14-26-20-37-21-27(15-12-23(3)4)36(9,10)44-33(37)30(31(41)25-13-16-28(39)29(40)19-25)32(42)38(34(37)43,35(26,7)8)18-17-24(5)6/h11-13,16-17,19,26-27,39-40H,14-15,18,20-21H2,1-10H3/t26-,27-,37+,38-/m1/s1. The van der Waals surface area contributed by atoms with Gasteiger partial charge in [-0.05, 0) is 117 Å². The summed E-state index contributed by atoms with van der Waals surface area (Å²) in [6, 6.07) is 3.81. The predicted molar refractivity (Wildman–Crippen MR) is 173 cm³/mol. The Labute approximate surface area is 263 Å². The molecule has 238 valence electrons. The number of Topliss-reactive ketones (excluding diaryl/α,β-unsaturated/α-hetero) is 3. The minimum Gasteiger partial charge on any atom is -0.504 e. The number of hydrogen-bond acceptors (Lipinski definition) is 6. The number of ether oxygens (including phenoxy) is 1. The quantitative estimate of drug-likeness (QED) is 0.102. The molecule has 1 aliphatic heterocycles. The van der Waals surface area contributed by atoms with Gasteiger partial charge < -0.3 is 14.9 Å². The molecule has 3 aliphatic rings. The van der Waals surface area contributed by atoms with Gasteiger partial charge in [-0.25, -0.2) is 0 Å². The van der Waals surface area contributed by atoms with Gasteiger partial charge in [-0.2, -0.15) is 0 Å². The predicted octanol–water partition coefficient (Wildman–Crippen LogP) is 8.59. The van der Waals surface area contributed by atoms with Crippen LogP contribution in [-0.2, 0) is 14.3 Å². The molecule has 4 atom stereocenters. The van der Waals surface area contributed by atoms with Gasteiger partial charge >= 0.3 is 0 Å². The van der Waals surface area contributed by atoms with Crippen LogP contribution >= 0.6 is 0 Å². The highest BCUT2D eigenvalue weighted by molar-refractivity contribution is 6.35. The maximum Gasteiger partial charge on any atom is 0.200 e. The monoisotopic (exact) mass is 602 g/mol. The summed E-state index contributed by atoms with van der Waals surface area (Å²) in [5, 5.41) is 20.2. The number of carbonyl (C=O) groups is 3. The molecule has 2 N–H and O–H groups in total. The molecule has 0 unspecified atom stereocenters. The van der Waals surface area contributed by atoms with Crippen LogP contribution in [0.3, 0.4) is 0 Å². The van der Waals surface area contributed by atoms with Gasteiger partial charge in [0.05, 0.1) is 5.41 Å². The summed E-state index contributed by atoms with van der Waals surface area (Å²) >= 11 is 0. The fourth-order valence-corrected chi connectivity index (χ4v) is 7.72. The summed E-state index contributed by atoms with van der Waals surface area (Å²) in [6.45, 7) is 20.1. The van der Waals surface area contributed by atoms with E-state index in [0.717, 1.165) is 5.57 Å². The Morgan fingerprint density at radius 1 is 0.841 bits per heavy atom. The molecule has 1 aromatic rings. The number of carbonyl (C=O) groups excluding carboxylic acids is 3. The van der Waals surface area contributed by atoms with Gasteiger partial charge in [0.25, 0.3) is 0 Å². The van der Waals surface area contributed by atoms with E-state index >= 15 is 9.59 Å². The molecule has 44 heavy (non-hydrogen) atoms. The zero-order chi connectivity index (χ0) is 33.0. The Bertz CT molecular complexity index is 1500. The largest absolute Gasteiger partial charge is 0.504 e. The van der Waals surface area contributed by atoms with Crippen LogP contribution in [0.25, 0.3) is 0 Å². The van der Waals surface area contributed by atoms with Crippen LogP contribution in [-0.4, -0.2) is 33.2 Å². The fourth-order valence-electron chi connectivity index (χ4n) is 7.72. The van der Waals surface area contributed by atoms with Gasteiger partial charge in [0.1, 0.15) is 22.3 Å². The summed E-state index contributed by atoms with van der Waals surface area (Å²) in [4.78, 5) is 44.9. The van der Waals surface area contributed by atoms with Crippen LogP contribution in [0, 0.1) is 28.1 Å². The minimum absolute atomic E-state index is 0.0251. The average molecular weight is 603 g/mol. The molecular weight excluding hydrogens is 552 g/mol. The van der Waals surface area contributed by atoms with Crippen LogP contribution in [0.1, 0.15) is 112 Å². The first kappa shape index (κ1) is 33.5. The zero-order valence-electron chi connectivity index (χ0n) is 28.2. The van der Waals surface area contributed by atoms with Gasteiger partial charge in [0.15, 0.2) is 28.8 Å². The lowest BCUT2D eigenvalue weighted by Crippen LogP contribution is -2.69. The van der Waals surface area contributed by atoms with E-state index in [2.05, 4.69) is 39.8 Å². The molecule has 1 saturated heterocycles. The van der Waals surface area contributed by atoms with Crippen molar-refractivity contribution in [2.75, 3.05) is 0 Å². The molecular formula is C38H50O6. The Balaban J connectivity index is 2.10. The zero-order valence-corrected chi connectivity index (χ0v) is 28.2. The number of benzene rings is 1. The molecule has 2 bridgehead atoms. The number of aromatic hydroxyl groups is 2. The van der Waals surface area contributed by atoms with E-state index in [1.54, 1.807) is 0 Å². The number of allylic oxidation sites excluding steroid dienone is 8. The summed E-state index contributed by atoms with van der Waals surface area (Å²) in [6.07, 6.45) is 8.89. The van der Waals surface area contributed by atoms with E-state index in [4.69, 9.17) is 4.74 Å². The Hall–Kier alpha value is -3.41. The Kier molecular flexibility index (Phi) is 8.75. The Morgan fingerprint density at radius 3 is 1.93 bits per heavy atom. The van der Waals surface area contributed by atoms with Crippen molar-refractivity contribution in [3.8, 4) is 11.5 Å². The number of phenols is 2. The second-order valence-electron chi connectivity index (χ2n) is 15.1. The lowest BCUT2D eigenvalue weighted by atomic mass is 9.39. The normalized spacial score (nSPS) is 28.4. The summed E-state index contributed by atoms with van der Waals surface area (Å²) in [5.41, 5.74) is -0.866. The van der Waals surface area contributed by atoms with E-state index < -0.39 is 39.2 Å². The highest BCUT2D eigenvalue weighted by Gasteiger charge is 2.74. The molecule has 6 nitrogen and oxygen atoms in total. The first-order valence-electron chi connectivity index (χ1n) is 15.8. The van der Waals surface area contributed by atoms with Crippen LogP contribution < -0.4 is 0 Å². The van der Waals surface area contributed by atoms with Crippen molar-refractivity contribution < 1.29 is 29.3 Å². The molecule has 0 aromatic heterocycles. The lowest BCUT2D eigenvalue weighted by molar-refractivity contribution is -0.188. The van der Waals surface area contributed by atoms with Crippen molar-refractivity contribution in [3.63, 3.8) is 0 Å². The van der Waals surface area contributed by atoms with E-state index in [-0.39, 0.29) is 46.7 Å². The third-order valence-electron chi connectivity index (χ3n) is 10.7. The van der Waals surface area contributed by atoms with Crippen LogP contribution in [0.15, 0.2) is 64.5 Å². The van der Waals surface area contributed by atoms with Gasteiger partial charge in [-0.1, -0.05) is 48.8 Å². The number of ketones is 3. The molecule has 1 aromatic carbocycles. The second-order valence-corrected chi connectivity index (χ2v) is 15.1. The summed E-state index contributed by atoms with van der Waals surface area (Å²) in [5.74, 6) is -1.93. The van der Waals surface area contributed by atoms with Crippen LogP contribution in [0.5, 0.6) is 11.5 Å². The Morgan fingerprint density at radius 2 is 1.39 bits per heavy atom. The van der Waals surface area contributed by atoms with Gasteiger partial charge in [0, 0.05) is 11.5 Å². The molecule has 1 heterocycles. The number of rotatable bonds is 8.